The predicted molar refractivity (Wildman–Crippen MR) is 93.3 cm³/mol. The van der Waals surface area contributed by atoms with E-state index < -0.39 is 0 Å². The minimum Gasteiger partial charge on any atom is -0.467 e. The van der Waals surface area contributed by atoms with E-state index in [4.69, 9.17) is 4.74 Å². The minimum absolute atomic E-state index is 0.00436. The molecule has 1 fully saturated rings. The molecule has 7 nitrogen and oxygen atoms in total. The molecule has 24 heavy (non-hydrogen) atoms. The van der Waals surface area contributed by atoms with E-state index in [1.807, 2.05) is 25.1 Å². The molecule has 3 heterocycles. The molecule has 0 saturated carbocycles. The summed E-state index contributed by atoms with van der Waals surface area (Å²) in [4.78, 5) is 19.9. The molecule has 0 unspecified atom stereocenters. The van der Waals surface area contributed by atoms with Gasteiger partial charge in [-0.1, -0.05) is 18.9 Å². The van der Waals surface area contributed by atoms with Gasteiger partial charge in [0.2, 0.25) is 11.9 Å². The average molecular weight is 328 g/mol. The lowest BCUT2D eigenvalue weighted by molar-refractivity contribution is 0.378. The fraction of sp³-hybridized carbons (Fsp3) is 0.529. The van der Waals surface area contributed by atoms with Crippen molar-refractivity contribution in [1.82, 2.24) is 19.9 Å². The highest BCUT2D eigenvalue weighted by Gasteiger charge is 2.17. The van der Waals surface area contributed by atoms with Gasteiger partial charge in [0.15, 0.2) is 0 Å². The molecule has 1 aliphatic heterocycles. The summed E-state index contributed by atoms with van der Waals surface area (Å²) in [5, 5.41) is 3.30. The fourth-order valence-electron chi connectivity index (χ4n) is 2.81. The molecule has 2 aromatic rings. The third-order valence-corrected chi connectivity index (χ3v) is 4.15. The first-order valence-electron chi connectivity index (χ1n) is 8.49. The third kappa shape index (κ3) is 4.10. The van der Waals surface area contributed by atoms with Crippen molar-refractivity contribution in [2.45, 2.75) is 38.6 Å². The quantitative estimate of drug-likeness (QED) is 0.904. The zero-order chi connectivity index (χ0) is 16.8. The number of aromatic nitrogens is 4. The molecule has 0 radical (unpaired) electrons. The second-order valence-electron chi connectivity index (χ2n) is 5.97. The second-order valence-corrected chi connectivity index (χ2v) is 5.97. The van der Waals surface area contributed by atoms with Crippen molar-refractivity contribution in [3.63, 3.8) is 0 Å². The fourth-order valence-corrected chi connectivity index (χ4v) is 2.81. The van der Waals surface area contributed by atoms with Gasteiger partial charge >= 0.3 is 6.01 Å². The lowest BCUT2D eigenvalue weighted by Gasteiger charge is -2.21. The van der Waals surface area contributed by atoms with E-state index in [-0.39, 0.29) is 6.04 Å². The van der Waals surface area contributed by atoms with Gasteiger partial charge in [-0.05, 0) is 31.9 Å². The van der Waals surface area contributed by atoms with Crippen LogP contribution in [0.4, 0.5) is 11.9 Å². The molecule has 1 N–H and O–H groups in total. The highest BCUT2D eigenvalue weighted by molar-refractivity contribution is 5.39. The summed E-state index contributed by atoms with van der Waals surface area (Å²) in [6, 6.07) is 6.18. The maximum Gasteiger partial charge on any atom is 0.322 e. The first-order valence-corrected chi connectivity index (χ1v) is 8.49. The van der Waals surface area contributed by atoms with E-state index >= 15 is 0 Å². The van der Waals surface area contributed by atoms with Crippen LogP contribution < -0.4 is 15.0 Å². The SMILES string of the molecule is COc1nc(N[C@H](C)c2ccccn2)nc(N2CCCCCC2)n1. The van der Waals surface area contributed by atoms with Crippen molar-refractivity contribution in [3.05, 3.63) is 30.1 Å². The molecule has 0 amide bonds. The van der Waals surface area contributed by atoms with Crippen LogP contribution in [0.15, 0.2) is 24.4 Å². The number of hydrogen-bond donors (Lipinski definition) is 1. The Hall–Kier alpha value is -2.44. The second kappa shape index (κ2) is 7.90. The van der Waals surface area contributed by atoms with Gasteiger partial charge in [0.1, 0.15) is 0 Å². The molecule has 2 aromatic heterocycles. The number of ether oxygens (including phenoxy) is 1. The number of anilines is 2. The van der Waals surface area contributed by atoms with E-state index in [0.29, 0.717) is 17.9 Å². The Morgan fingerprint density at radius 3 is 2.54 bits per heavy atom. The Morgan fingerprint density at radius 1 is 1.08 bits per heavy atom. The van der Waals surface area contributed by atoms with Crippen molar-refractivity contribution in [2.75, 3.05) is 30.4 Å². The zero-order valence-electron chi connectivity index (χ0n) is 14.3. The summed E-state index contributed by atoms with van der Waals surface area (Å²) in [5.41, 5.74) is 0.938. The monoisotopic (exact) mass is 328 g/mol. The summed E-state index contributed by atoms with van der Waals surface area (Å²) in [5.74, 6) is 1.19. The van der Waals surface area contributed by atoms with Crippen LogP contribution in [0.3, 0.4) is 0 Å². The van der Waals surface area contributed by atoms with Crippen LogP contribution in [0.2, 0.25) is 0 Å². The zero-order valence-corrected chi connectivity index (χ0v) is 14.3. The molecule has 1 saturated heterocycles. The summed E-state index contributed by atoms with van der Waals surface area (Å²) in [6.07, 6.45) is 6.65. The summed E-state index contributed by atoms with van der Waals surface area (Å²) in [6.45, 7) is 3.98. The topological polar surface area (TPSA) is 76.1 Å². The van der Waals surface area contributed by atoms with Gasteiger partial charge in [-0.3, -0.25) is 4.98 Å². The standard InChI is InChI=1S/C17H24N6O/c1-13(14-9-5-6-10-18-14)19-15-20-16(22-17(21-15)24-2)23-11-7-3-4-8-12-23/h5-6,9-10,13H,3-4,7-8,11-12H2,1-2H3,(H,19,20,21,22)/t13-/m1/s1. The smallest absolute Gasteiger partial charge is 0.322 e. The molecular formula is C17H24N6O. The van der Waals surface area contributed by atoms with Gasteiger partial charge in [0.25, 0.3) is 0 Å². The molecule has 0 bridgehead atoms. The summed E-state index contributed by atoms with van der Waals surface area (Å²) < 4.78 is 5.26. The molecule has 1 aliphatic rings. The number of pyridine rings is 1. The van der Waals surface area contributed by atoms with Gasteiger partial charge in [0, 0.05) is 19.3 Å². The van der Waals surface area contributed by atoms with Gasteiger partial charge in [-0.2, -0.15) is 15.0 Å². The highest BCUT2D eigenvalue weighted by atomic mass is 16.5. The van der Waals surface area contributed by atoms with E-state index in [1.54, 1.807) is 13.3 Å². The lowest BCUT2D eigenvalue weighted by atomic mass is 10.2. The normalized spacial score (nSPS) is 16.3. The molecule has 1 atom stereocenters. The van der Waals surface area contributed by atoms with Crippen molar-refractivity contribution in [1.29, 1.82) is 0 Å². The van der Waals surface area contributed by atoms with E-state index in [9.17, 15) is 0 Å². The molecule has 128 valence electrons. The molecular weight excluding hydrogens is 304 g/mol. The first-order chi connectivity index (χ1) is 11.8. The van der Waals surface area contributed by atoms with Crippen molar-refractivity contribution in [2.24, 2.45) is 0 Å². The highest BCUT2D eigenvalue weighted by Crippen LogP contribution is 2.21. The summed E-state index contributed by atoms with van der Waals surface area (Å²) in [7, 11) is 1.58. The number of rotatable bonds is 5. The Morgan fingerprint density at radius 2 is 1.88 bits per heavy atom. The Kier molecular flexibility index (Phi) is 5.40. The van der Waals surface area contributed by atoms with Gasteiger partial charge in [-0.25, -0.2) is 0 Å². The largest absolute Gasteiger partial charge is 0.467 e. The average Bonchev–Trinajstić information content (AvgIpc) is 2.91. The van der Waals surface area contributed by atoms with Crippen LogP contribution in [0.1, 0.15) is 44.3 Å². The maximum absolute atomic E-state index is 5.26. The molecule has 0 aromatic carbocycles. The van der Waals surface area contributed by atoms with Crippen LogP contribution in [0, 0.1) is 0 Å². The Balaban J connectivity index is 1.80. The van der Waals surface area contributed by atoms with E-state index in [0.717, 1.165) is 18.8 Å². The van der Waals surface area contributed by atoms with Crippen LogP contribution in [0.25, 0.3) is 0 Å². The third-order valence-electron chi connectivity index (χ3n) is 4.15. The van der Waals surface area contributed by atoms with Crippen molar-refractivity contribution >= 4 is 11.9 Å². The van der Waals surface area contributed by atoms with Crippen LogP contribution in [-0.4, -0.2) is 40.1 Å². The van der Waals surface area contributed by atoms with Crippen LogP contribution >= 0.6 is 0 Å². The van der Waals surface area contributed by atoms with E-state index in [2.05, 4.69) is 30.2 Å². The molecule has 0 spiro atoms. The first kappa shape index (κ1) is 16.4. The number of nitrogens with zero attached hydrogens (tertiary/aromatic N) is 5. The van der Waals surface area contributed by atoms with Crippen LogP contribution in [0.5, 0.6) is 6.01 Å². The Labute approximate surface area is 142 Å². The predicted octanol–water partition coefficient (Wildman–Crippen LogP) is 2.83. The van der Waals surface area contributed by atoms with Gasteiger partial charge < -0.3 is 15.0 Å². The van der Waals surface area contributed by atoms with E-state index in [1.165, 1.54) is 25.7 Å². The Bertz CT molecular complexity index is 643. The van der Waals surface area contributed by atoms with Crippen molar-refractivity contribution < 1.29 is 4.74 Å². The maximum atomic E-state index is 5.26. The molecule has 3 rings (SSSR count). The number of nitrogens with one attached hydrogen (secondary N) is 1. The van der Waals surface area contributed by atoms with Gasteiger partial charge in [-0.15, -0.1) is 0 Å². The molecule has 7 heteroatoms. The lowest BCUT2D eigenvalue weighted by Crippen LogP contribution is -2.27. The van der Waals surface area contributed by atoms with Crippen LogP contribution in [-0.2, 0) is 0 Å². The number of hydrogen-bond acceptors (Lipinski definition) is 7. The van der Waals surface area contributed by atoms with Gasteiger partial charge in [0.05, 0.1) is 18.8 Å². The summed E-state index contributed by atoms with van der Waals surface area (Å²) >= 11 is 0. The minimum atomic E-state index is -0.00436. The van der Waals surface area contributed by atoms with Crippen molar-refractivity contribution in [3.8, 4) is 6.01 Å². The molecule has 0 aliphatic carbocycles. The number of methoxy groups -OCH3 is 1.